The van der Waals surface area contributed by atoms with Crippen molar-refractivity contribution in [3.8, 4) is 0 Å². The highest BCUT2D eigenvalue weighted by Gasteiger charge is 2.31. The van der Waals surface area contributed by atoms with E-state index in [0.717, 1.165) is 30.7 Å². The van der Waals surface area contributed by atoms with Gasteiger partial charge < -0.3 is 10.1 Å². The van der Waals surface area contributed by atoms with Gasteiger partial charge in [0.05, 0.1) is 6.54 Å². The standard InChI is InChI=1S/C14H24N2O/c1-2-4-12(3-1)13-10-16-14(17-13)9-11-5-7-15-8-6-11/h11-13,15H,1-10H2. The molecule has 3 rings (SSSR count). The summed E-state index contributed by atoms with van der Waals surface area (Å²) in [5.74, 6) is 2.66. The summed E-state index contributed by atoms with van der Waals surface area (Å²) in [6.07, 6.45) is 9.61. The molecule has 0 amide bonds. The maximum absolute atomic E-state index is 6.08. The molecule has 1 aliphatic carbocycles. The van der Waals surface area contributed by atoms with E-state index < -0.39 is 0 Å². The summed E-state index contributed by atoms with van der Waals surface area (Å²) in [5, 5.41) is 3.41. The molecule has 0 spiro atoms. The number of ether oxygens (including phenoxy) is 1. The smallest absolute Gasteiger partial charge is 0.184 e. The normalized spacial score (nSPS) is 31.5. The van der Waals surface area contributed by atoms with Crippen molar-refractivity contribution in [2.45, 2.75) is 51.0 Å². The van der Waals surface area contributed by atoms with Crippen molar-refractivity contribution >= 4 is 5.90 Å². The molecular weight excluding hydrogens is 212 g/mol. The molecule has 0 aromatic rings. The van der Waals surface area contributed by atoms with E-state index in [2.05, 4.69) is 10.3 Å². The predicted octanol–water partition coefficient (Wildman–Crippen LogP) is 2.36. The van der Waals surface area contributed by atoms with Crippen molar-refractivity contribution in [2.75, 3.05) is 19.6 Å². The van der Waals surface area contributed by atoms with E-state index in [4.69, 9.17) is 4.74 Å². The minimum Gasteiger partial charge on any atom is -0.475 e. The summed E-state index contributed by atoms with van der Waals surface area (Å²) in [6, 6.07) is 0. The van der Waals surface area contributed by atoms with Crippen LogP contribution in [0.4, 0.5) is 0 Å². The Labute approximate surface area is 104 Å². The molecule has 2 heterocycles. The van der Waals surface area contributed by atoms with Gasteiger partial charge in [-0.3, -0.25) is 4.99 Å². The van der Waals surface area contributed by atoms with Gasteiger partial charge in [0.1, 0.15) is 6.10 Å². The van der Waals surface area contributed by atoms with Gasteiger partial charge in [-0.15, -0.1) is 0 Å². The fourth-order valence-corrected chi connectivity index (χ4v) is 3.46. The summed E-state index contributed by atoms with van der Waals surface area (Å²) in [6.45, 7) is 3.28. The van der Waals surface area contributed by atoms with Crippen molar-refractivity contribution in [1.29, 1.82) is 0 Å². The summed E-state index contributed by atoms with van der Waals surface area (Å²) in [7, 11) is 0. The molecule has 2 fully saturated rings. The molecule has 96 valence electrons. The minimum absolute atomic E-state index is 0.425. The molecule has 0 aromatic carbocycles. The Morgan fingerprint density at radius 2 is 1.88 bits per heavy atom. The lowest BCUT2D eigenvalue weighted by atomic mass is 9.95. The highest BCUT2D eigenvalue weighted by Crippen LogP contribution is 2.32. The van der Waals surface area contributed by atoms with Gasteiger partial charge in [-0.1, -0.05) is 12.8 Å². The van der Waals surface area contributed by atoms with Crippen LogP contribution in [0, 0.1) is 11.8 Å². The molecule has 0 radical (unpaired) electrons. The average molecular weight is 236 g/mol. The average Bonchev–Trinajstić information content (AvgIpc) is 3.00. The molecule has 1 atom stereocenters. The molecule has 17 heavy (non-hydrogen) atoms. The van der Waals surface area contributed by atoms with Crippen molar-refractivity contribution in [1.82, 2.24) is 5.32 Å². The highest BCUT2D eigenvalue weighted by molar-refractivity contribution is 5.78. The van der Waals surface area contributed by atoms with Crippen LogP contribution in [0.25, 0.3) is 0 Å². The third kappa shape index (κ3) is 2.82. The number of piperidine rings is 1. The van der Waals surface area contributed by atoms with Gasteiger partial charge >= 0.3 is 0 Å². The van der Waals surface area contributed by atoms with E-state index in [1.807, 2.05) is 0 Å². The van der Waals surface area contributed by atoms with Gasteiger partial charge in [-0.05, 0) is 50.6 Å². The molecule has 2 aliphatic heterocycles. The van der Waals surface area contributed by atoms with E-state index in [9.17, 15) is 0 Å². The maximum atomic E-state index is 6.08. The van der Waals surface area contributed by atoms with Gasteiger partial charge in [0.25, 0.3) is 0 Å². The molecular formula is C14H24N2O. The highest BCUT2D eigenvalue weighted by atomic mass is 16.5. The molecule has 3 aliphatic rings. The molecule has 3 nitrogen and oxygen atoms in total. The number of rotatable bonds is 3. The van der Waals surface area contributed by atoms with Crippen LogP contribution in [-0.2, 0) is 4.74 Å². The fourth-order valence-electron chi connectivity index (χ4n) is 3.46. The van der Waals surface area contributed by atoms with Crippen molar-refractivity contribution in [2.24, 2.45) is 16.8 Å². The number of hydrogen-bond acceptors (Lipinski definition) is 3. The zero-order valence-corrected chi connectivity index (χ0v) is 10.7. The van der Waals surface area contributed by atoms with Crippen LogP contribution >= 0.6 is 0 Å². The molecule has 1 N–H and O–H groups in total. The third-order valence-electron chi connectivity index (χ3n) is 4.58. The minimum atomic E-state index is 0.425. The summed E-state index contributed by atoms with van der Waals surface area (Å²) < 4.78 is 6.08. The first-order chi connectivity index (χ1) is 8.42. The fraction of sp³-hybridized carbons (Fsp3) is 0.929. The molecule has 1 saturated carbocycles. The SMILES string of the molecule is C1CCC(C2CN=C(CC3CCNCC3)O2)C1. The zero-order valence-electron chi connectivity index (χ0n) is 10.7. The monoisotopic (exact) mass is 236 g/mol. The van der Waals surface area contributed by atoms with Crippen LogP contribution in [0.15, 0.2) is 4.99 Å². The quantitative estimate of drug-likeness (QED) is 0.816. The first-order valence-electron chi connectivity index (χ1n) is 7.32. The Bertz CT molecular complexity index is 278. The van der Waals surface area contributed by atoms with Crippen molar-refractivity contribution < 1.29 is 4.74 Å². The topological polar surface area (TPSA) is 33.6 Å². The summed E-state index contributed by atoms with van der Waals surface area (Å²) in [5.41, 5.74) is 0. The lowest BCUT2D eigenvalue weighted by Crippen LogP contribution is -2.29. The van der Waals surface area contributed by atoms with E-state index >= 15 is 0 Å². The number of hydrogen-bond donors (Lipinski definition) is 1. The van der Waals surface area contributed by atoms with E-state index in [0.29, 0.717) is 6.10 Å². The second-order valence-electron chi connectivity index (χ2n) is 5.83. The van der Waals surface area contributed by atoms with Crippen molar-refractivity contribution in [3.05, 3.63) is 0 Å². The van der Waals surface area contributed by atoms with Crippen LogP contribution in [0.1, 0.15) is 44.9 Å². The molecule has 1 unspecified atom stereocenters. The largest absolute Gasteiger partial charge is 0.475 e. The van der Waals surface area contributed by atoms with Crippen LogP contribution in [0.3, 0.4) is 0 Å². The third-order valence-corrected chi connectivity index (χ3v) is 4.58. The Hall–Kier alpha value is -0.570. The molecule has 3 heteroatoms. The van der Waals surface area contributed by atoms with Gasteiger partial charge in [0.2, 0.25) is 0 Å². The Balaban J connectivity index is 1.46. The number of nitrogens with one attached hydrogen (secondary N) is 1. The van der Waals surface area contributed by atoms with E-state index in [1.165, 1.54) is 51.6 Å². The van der Waals surface area contributed by atoms with Crippen LogP contribution in [0.2, 0.25) is 0 Å². The zero-order chi connectivity index (χ0) is 11.5. The van der Waals surface area contributed by atoms with Gasteiger partial charge in [0.15, 0.2) is 5.90 Å². The first kappa shape index (κ1) is 11.5. The second kappa shape index (κ2) is 5.38. The van der Waals surface area contributed by atoms with Crippen LogP contribution < -0.4 is 5.32 Å². The van der Waals surface area contributed by atoms with Crippen molar-refractivity contribution in [3.63, 3.8) is 0 Å². The summed E-state index contributed by atoms with van der Waals surface area (Å²) in [4.78, 5) is 4.63. The molecule has 1 saturated heterocycles. The lowest BCUT2D eigenvalue weighted by molar-refractivity contribution is 0.147. The lowest BCUT2D eigenvalue weighted by Gasteiger charge is -2.23. The maximum Gasteiger partial charge on any atom is 0.184 e. The molecule has 0 aromatic heterocycles. The Kier molecular flexibility index (Phi) is 3.65. The Morgan fingerprint density at radius 1 is 1.12 bits per heavy atom. The molecule has 0 bridgehead atoms. The predicted molar refractivity (Wildman–Crippen MR) is 69.3 cm³/mol. The van der Waals surface area contributed by atoms with Gasteiger partial charge in [-0.25, -0.2) is 0 Å². The first-order valence-corrected chi connectivity index (χ1v) is 7.32. The Morgan fingerprint density at radius 3 is 2.65 bits per heavy atom. The number of aliphatic imine (C=N–C) groups is 1. The van der Waals surface area contributed by atoms with Gasteiger partial charge in [0, 0.05) is 6.42 Å². The number of nitrogens with zero attached hydrogens (tertiary/aromatic N) is 1. The van der Waals surface area contributed by atoms with Gasteiger partial charge in [-0.2, -0.15) is 0 Å². The summed E-state index contributed by atoms with van der Waals surface area (Å²) >= 11 is 0. The van der Waals surface area contributed by atoms with E-state index in [1.54, 1.807) is 0 Å². The second-order valence-corrected chi connectivity index (χ2v) is 5.83. The van der Waals surface area contributed by atoms with E-state index in [-0.39, 0.29) is 0 Å². The van der Waals surface area contributed by atoms with Crippen LogP contribution in [-0.4, -0.2) is 31.6 Å². The van der Waals surface area contributed by atoms with Crippen LogP contribution in [0.5, 0.6) is 0 Å².